The van der Waals surface area contributed by atoms with Gasteiger partial charge in [0.2, 0.25) is 5.91 Å². The zero-order valence-corrected chi connectivity index (χ0v) is 13.3. The molecule has 1 amide bonds. The fourth-order valence-corrected chi connectivity index (χ4v) is 1.88. The van der Waals surface area contributed by atoms with Crippen LogP contribution < -0.4 is 11.1 Å². The van der Waals surface area contributed by atoms with Crippen LogP contribution in [0.4, 0.5) is 18.9 Å². The molecule has 2 rings (SSSR count). The summed E-state index contributed by atoms with van der Waals surface area (Å²) in [6.07, 6.45) is -3.25. The summed E-state index contributed by atoms with van der Waals surface area (Å²) in [5.41, 5.74) is 7.10. The van der Waals surface area contributed by atoms with Gasteiger partial charge in [0.1, 0.15) is 6.04 Å². The van der Waals surface area contributed by atoms with Crippen molar-refractivity contribution in [1.82, 2.24) is 4.98 Å². The maximum absolute atomic E-state index is 11.0. The van der Waals surface area contributed by atoms with Gasteiger partial charge in [-0.15, -0.1) is 0 Å². The van der Waals surface area contributed by atoms with Gasteiger partial charge in [-0.2, -0.15) is 13.2 Å². The third kappa shape index (κ3) is 5.47. The van der Waals surface area contributed by atoms with Crippen molar-refractivity contribution in [1.29, 1.82) is 0 Å². The molecule has 6 nitrogen and oxygen atoms in total. The van der Waals surface area contributed by atoms with Gasteiger partial charge in [-0.1, -0.05) is 15.9 Å². The number of fused-ring (bicyclic) bond motifs is 1. The number of amides is 1. The molecule has 1 atom stereocenters. The summed E-state index contributed by atoms with van der Waals surface area (Å²) in [6.45, 7) is 1.74. The third-order valence-corrected chi connectivity index (χ3v) is 3.18. The van der Waals surface area contributed by atoms with Crippen molar-refractivity contribution < 1.29 is 27.9 Å². The molecule has 0 aliphatic heterocycles. The lowest BCUT2D eigenvalue weighted by molar-refractivity contribution is -0.192. The number of nitrogens with one attached hydrogen (secondary N) is 2. The summed E-state index contributed by atoms with van der Waals surface area (Å²) in [5, 5.41) is 11.2. The number of carboxylic acids is 1. The van der Waals surface area contributed by atoms with Gasteiger partial charge in [0, 0.05) is 21.6 Å². The average Bonchev–Trinajstić information content (AvgIpc) is 2.80. The molecular weight excluding hydrogens is 383 g/mol. The largest absolute Gasteiger partial charge is 0.490 e. The summed E-state index contributed by atoms with van der Waals surface area (Å²) < 4.78 is 32.7. The molecule has 1 heterocycles. The Balaban J connectivity index is 0.000000322. The monoisotopic (exact) mass is 395 g/mol. The van der Waals surface area contributed by atoms with Crippen LogP contribution in [-0.4, -0.2) is 34.2 Å². The zero-order valence-electron chi connectivity index (χ0n) is 11.7. The number of hydrogen-bond donors (Lipinski definition) is 4. The first-order valence-corrected chi connectivity index (χ1v) is 6.94. The van der Waals surface area contributed by atoms with Crippen molar-refractivity contribution in [3.63, 3.8) is 0 Å². The number of benzene rings is 1. The van der Waals surface area contributed by atoms with Gasteiger partial charge in [-0.3, -0.25) is 4.79 Å². The highest BCUT2D eigenvalue weighted by Gasteiger charge is 2.38. The molecule has 23 heavy (non-hydrogen) atoms. The van der Waals surface area contributed by atoms with Gasteiger partial charge in [-0.05, 0) is 25.1 Å². The van der Waals surface area contributed by atoms with Crippen molar-refractivity contribution in [2.24, 2.45) is 5.73 Å². The average molecular weight is 396 g/mol. The Morgan fingerprint density at radius 2 is 1.96 bits per heavy atom. The molecule has 0 saturated carbocycles. The second-order valence-electron chi connectivity index (χ2n) is 4.46. The van der Waals surface area contributed by atoms with Gasteiger partial charge in [0.05, 0.1) is 5.69 Å². The minimum absolute atomic E-state index is 0.371. The van der Waals surface area contributed by atoms with Crippen LogP contribution in [0.15, 0.2) is 28.9 Å². The van der Waals surface area contributed by atoms with E-state index in [1.807, 2.05) is 24.4 Å². The van der Waals surface area contributed by atoms with E-state index in [1.54, 1.807) is 6.92 Å². The Labute approximate surface area is 137 Å². The Morgan fingerprint density at radius 3 is 2.43 bits per heavy atom. The molecular formula is C13H13BrF3N3O3. The van der Waals surface area contributed by atoms with Crippen LogP contribution in [0.2, 0.25) is 0 Å². The van der Waals surface area contributed by atoms with E-state index in [-0.39, 0.29) is 5.91 Å². The first-order valence-electron chi connectivity index (χ1n) is 6.15. The number of carbonyl (C=O) groups is 2. The summed E-state index contributed by atoms with van der Waals surface area (Å²) in [5.74, 6) is -3.13. The van der Waals surface area contributed by atoms with E-state index in [9.17, 15) is 18.0 Å². The topological polar surface area (TPSA) is 108 Å². The summed E-state index contributed by atoms with van der Waals surface area (Å²) in [7, 11) is 0. The first kappa shape index (κ1) is 18.8. The number of carbonyl (C=O) groups excluding carboxylic acids is 1. The van der Waals surface area contributed by atoms with E-state index >= 15 is 0 Å². The number of H-pyrrole nitrogens is 1. The normalized spacial score (nSPS) is 12.2. The number of rotatable bonds is 3. The highest BCUT2D eigenvalue weighted by atomic mass is 79.9. The number of hydrogen-bond acceptors (Lipinski definition) is 3. The highest BCUT2D eigenvalue weighted by molar-refractivity contribution is 9.10. The number of aromatic nitrogens is 1. The van der Waals surface area contributed by atoms with Crippen molar-refractivity contribution in [2.45, 2.75) is 19.1 Å². The second-order valence-corrected chi connectivity index (χ2v) is 5.38. The molecule has 0 unspecified atom stereocenters. The number of aliphatic carboxylic acids is 1. The standard InChI is InChI=1S/C11H12BrN3O.C2HF3O2/c1-6(11(13)16)15-10-5-14-9-3-2-7(12)4-8(9)10;3-2(4,5)1(6)7/h2-6,14-15H,1H3,(H2,13,16);(H,6,7)/t6-;/m0./s1. The lowest BCUT2D eigenvalue weighted by Gasteiger charge is -2.10. The lowest BCUT2D eigenvalue weighted by atomic mass is 10.2. The van der Waals surface area contributed by atoms with Gasteiger partial charge in [0.25, 0.3) is 0 Å². The second kappa shape index (κ2) is 7.36. The molecule has 0 saturated heterocycles. The Bertz CT molecular complexity index is 715. The number of carboxylic acid groups (broad SMARTS) is 1. The fraction of sp³-hybridized carbons (Fsp3) is 0.231. The summed E-state index contributed by atoms with van der Waals surface area (Å²) in [4.78, 5) is 23.0. The third-order valence-electron chi connectivity index (χ3n) is 2.69. The van der Waals surface area contributed by atoms with Gasteiger partial charge < -0.3 is 21.1 Å². The van der Waals surface area contributed by atoms with Gasteiger partial charge in [0.15, 0.2) is 0 Å². The van der Waals surface area contributed by atoms with E-state index in [1.165, 1.54) is 0 Å². The van der Waals surface area contributed by atoms with E-state index < -0.39 is 18.2 Å². The SMILES string of the molecule is C[C@H](Nc1c[nH]c2ccc(Br)cc12)C(N)=O.O=C(O)C(F)(F)F. The quantitative estimate of drug-likeness (QED) is 0.640. The molecule has 0 spiro atoms. The predicted octanol–water partition coefficient (Wildman–Crippen LogP) is 2.85. The van der Waals surface area contributed by atoms with E-state index in [4.69, 9.17) is 15.6 Å². The summed E-state index contributed by atoms with van der Waals surface area (Å²) >= 11 is 3.41. The number of alkyl halides is 3. The highest BCUT2D eigenvalue weighted by Crippen LogP contribution is 2.26. The van der Waals surface area contributed by atoms with Crippen molar-refractivity contribution in [3.05, 3.63) is 28.9 Å². The lowest BCUT2D eigenvalue weighted by Crippen LogP contribution is -2.32. The molecule has 126 valence electrons. The van der Waals surface area contributed by atoms with Crippen LogP contribution in [0.3, 0.4) is 0 Å². The zero-order chi connectivity index (χ0) is 17.8. The molecule has 1 aromatic carbocycles. The molecule has 0 aliphatic rings. The van der Waals surface area contributed by atoms with Crippen LogP contribution in [0.25, 0.3) is 10.9 Å². The van der Waals surface area contributed by atoms with Crippen LogP contribution in [0, 0.1) is 0 Å². The van der Waals surface area contributed by atoms with Crippen LogP contribution in [0.5, 0.6) is 0 Å². The molecule has 2 aromatic rings. The number of nitrogens with two attached hydrogens (primary N) is 1. The number of aromatic amines is 1. The van der Waals surface area contributed by atoms with E-state index in [2.05, 4.69) is 26.2 Å². The predicted molar refractivity (Wildman–Crippen MR) is 82.0 cm³/mol. The van der Waals surface area contributed by atoms with Crippen LogP contribution in [0.1, 0.15) is 6.92 Å². The molecule has 0 radical (unpaired) electrons. The summed E-state index contributed by atoms with van der Waals surface area (Å²) in [6, 6.07) is 5.53. The molecule has 0 fully saturated rings. The van der Waals surface area contributed by atoms with Gasteiger partial charge in [-0.25, -0.2) is 4.79 Å². The van der Waals surface area contributed by atoms with Crippen LogP contribution in [-0.2, 0) is 9.59 Å². The molecule has 1 aromatic heterocycles. The minimum atomic E-state index is -5.08. The Morgan fingerprint density at radius 1 is 1.39 bits per heavy atom. The number of primary amides is 1. The van der Waals surface area contributed by atoms with Crippen LogP contribution >= 0.6 is 15.9 Å². The number of anilines is 1. The fourth-order valence-electron chi connectivity index (χ4n) is 1.52. The van der Waals surface area contributed by atoms with Crippen molar-refractivity contribution in [2.75, 3.05) is 5.32 Å². The Hall–Kier alpha value is -2.23. The van der Waals surface area contributed by atoms with E-state index in [0.29, 0.717) is 0 Å². The number of halogens is 4. The maximum Gasteiger partial charge on any atom is 0.490 e. The van der Waals surface area contributed by atoms with E-state index in [0.717, 1.165) is 21.1 Å². The first-order chi connectivity index (χ1) is 10.5. The molecule has 0 bridgehead atoms. The maximum atomic E-state index is 11.0. The van der Waals surface area contributed by atoms with Crippen molar-refractivity contribution >= 4 is 44.4 Å². The smallest absolute Gasteiger partial charge is 0.475 e. The van der Waals surface area contributed by atoms with Gasteiger partial charge >= 0.3 is 12.1 Å². The molecule has 5 N–H and O–H groups in total. The minimum Gasteiger partial charge on any atom is -0.475 e. The van der Waals surface area contributed by atoms with Crippen molar-refractivity contribution in [3.8, 4) is 0 Å². The molecule has 0 aliphatic carbocycles. The Kier molecular flexibility index (Phi) is 6.02. The molecule has 10 heteroatoms.